The van der Waals surface area contributed by atoms with Gasteiger partial charge in [-0.25, -0.2) is 4.79 Å². The number of benzene rings is 2. The van der Waals surface area contributed by atoms with E-state index in [1.54, 1.807) is 42.5 Å². The van der Waals surface area contributed by atoms with Gasteiger partial charge in [-0.05, 0) is 48.7 Å². The zero-order valence-electron chi connectivity index (χ0n) is 18.9. The molecule has 0 spiro atoms. The van der Waals surface area contributed by atoms with Gasteiger partial charge in [-0.2, -0.15) is 0 Å². The number of carbonyl (C=O) groups excluding carboxylic acids is 4. The number of hydrogen-bond acceptors (Lipinski definition) is 6. The van der Waals surface area contributed by atoms with Gasteiger partial charge in [0.15, 0.2) is 6.61 Å². The second-order valence-electron chi connectivity index (χ2n) is 7.78. The van der Waals surface area contributed by atoms with E-state index in [1.165, 1.54) is 0 Å². The fraction of sp³-hybridized carbons (Fsp3) is 0.333. The van der Waals surface area contributed by atoms with E-state index in [0.717, 1.165) is 0 Å². The largest absolute Gasteiger partial charge is 0.462 e. The number of amides is 2. The summed E-state index contributed by atoms with van der Waals surface area (Å²) < 4.78 is 10.1. The Balaban J connectivity index is 1.66. The lowest BCUT2D eigenvalue weighted by Gasteiger charge is -2.09. The van der Waals surface area contributed by atoms with E-state index in [9.17, 15) is 19.2 Å². The molecule has 2 amide bonds. The average molecular weight is 509 g/mol. The van der Waals surface area contributed by atoms with Crippen LogP contribution in [0, 0.1) is 5.92 Å². The van der Waals surface area contributed by atoms with E-state index in [4.69, 9.17) is 32.7 Å². The average Bonchev–Trinajstić information content (AvgIpc) is 2.79. The van der Waals surface area contributed by atoms with Crippen LogP contribution in [0.4, 0.5) is 11.4 Å². The molecule has 2 aromatic rings. The lowest BCUT2D eigenvalue weighted by Crippen LogP contribution is -2.21. The molecule has 0 aliphatic rings. The van der Waals surface area contributed by atoms with Crippen LogP contribution >= 0.6 is 23.2 Å². The van der Waals surface area contributed by atoms with Gasteiger partial charge in [0.25, 0.3) is 5.91 Å². The lowest BCUT2D eigenvalue weighted by molar-refractivity contribution is -0.147. The van der Waals surface area contributed by atoms with E-state index >= 15 is 0 Å². The van der Waals surface area contributed by atoms with Gasteiger partial charge < -0.3 is 20.1 Å². The van der Waals surface area contributed by atoms with Crippen LogP contribution in [0.15, 0.2) is 42.5 Å². The summed E-state index contributed by atoms with van der Waals surface area (Å²) >= 11 is 11.9. The van der Waals surface area contributed by atoms with Gasteiger partial charge in [-0.3, -0.25) is 14.4 Å². The standard InChI is InChI=1S/C24H26Cl2N2O6/c1-15(2)13-34-24(32)16-9-11-17(12-10-16)27-20(29)7-4-8-22(31)33-14-21(30)28-19-6-3-5-18(25)23(19)26/h3,5-6,9-12,15H,4,7-8,13-14H2,1-2H3,(H,27,29)(H,28,30). The number of esters is 2. The Kier molecular flexibility index (Phi) is 10.8. The summed E-state index contributed by atoms with van der Waals surface area (Å²) in [6, 6.07) is 11.1. The highest BCUT2D eigenvalue weighted by Gasteiger charge is 2.12. The highest BCUT2D eigenvalue weighted by molar-refractivity contribution is 6.44. The molecule has 0 aliphatic heterocycles. The van der Waals surface area contributed by atoms with Crippen LogP contribution in [0.3, 0.4) is 0 Å². The van der Waals surface area contributed by atoms with Crippen LogP contribution in [0.2, 0.25) is 10.0 Å². The van der Waals surface area contributed by atoms with Gasteiger partial charge in [0.1, 0.15) is 0 Å². The summed E-state index contributed by atoms with van der Waals surface area (Å²) in [4.78, 5) is 47.7. The van der Waals surface area contributed by atoms with Crippen molar-refractivity contribution >= 4 is 58.3 Å². The van der Waals surface area contributed by atoms with Crippen LogP contribution in [-0.2, 0) is 23.9 Å². The minimum absolute atomic E-state index is 0.0285. The van der Waals surface area contributed by atoms with Crippen molar-refractivity contribution in [1.29, 1.82) is 0 Å². The molecule has 0 bridgehead atoms. The number of anilines is 2. The first-order valence-electron chi connectivity index (χ1n) is 10.6. The van der Waals surface area contributed by atoms with Gasteiger partial charge in [0.05, 0.1) is 27.9 Å². The Morgan fingerprint density at radius 3 is 2.26 bits per heavy atom. The van der Waals surface area contributed by atoms with Gasteiger partial charge in [-0.1, -0.05) is 43.1 Å². The van der Waals surface area contributed by atoms with E-state index in [0.29, 0.717) is 23.5 Å². The molecule has 2 rings (SSSR count). The molecule has 34 heavy (non-hydrogen) atoms. The van der Waals surface area contributed by atoms with Crippen molar-refractivity contribution in [3.05, 3.63) is 58.1 Å². The number of carbonyl (C=O) groups is 4. The molecule has 8 nitrogen and oxygen atoms in total. The van der Waals surface area contributed by atoms with Crippen molar-refractivity contribution in [3.63, 3.8) is 0 Å². The van der Waals surface area contributed by atoms with Gasteiger partial charge >= 0.3 is 11.9 Å². The van der Waals surface area contributed by atoms with Crippen molar-refractivity contribution in [3.8, 4) is 0 Å². The fourth-order valence-corrected chi connectivity index (χ4v) is 2.98. The van der Waals surface area contributed by atoms with E-state index in [-0.39, 0.29) is 41.1 Å². The third kappa shape index (κ3) is 9.41. The Morgan fingerprint density at radius 1 is 0.882 bits per heavy atom. The van der Waals surface area contributed by atoms with Gasteiger partial charge in [0.2, 0.25) is 5.91 Å². The van der Waals surface area contributed by atoms with Crippen LogP contribution in [0.1, 0.15) is 43.5 Å². The zero-order valence-corrected chi connectivity index (χ0v) is 20.4. The van der Waals surface area contributed by atoms with Crippen LogP contribution < -0.4 is 10.6 Å². The summed E-state index contributed by atoms with van der Waals surface area (Å²) in [7, 11) is 0. The topological polar surface area (TPSA) is 111 Å². The highest BCUT2D eigenvalue weighted by Crippen LogP contribution is 2.29. The summed E-state index contributed by atoms with van der Waals surface area (Å²) in [6.45, 7) is 3.74. The third-order valence-electron chi connectivity index (χ3n) is 4.33. The van der Waals surface area contributed by atoms with Gasteiger partial charge in [0, 0.05) is 18.5 Å². The molecule has 2 N–H and O–H groups in total. The normalized spacial score (nSPS) is 10.5. The maximum atomic E-state index is 12.1. The quantitative estimate of drug-likeness (QED) is 0.408. The molecule has 0 heterocycles. The minimum atomic E-state index is -0.607. The summed E-state index contributed by atoms with van der Waals surface area (Å²) in [5.74, 6) is -1.65. The Hall–Kier alpha value is -3.10. The molecule has 0 aliphatic carbocycles. The van der Waals surface area contributed by atoms with Crippen LogP contribution in [0.5, 0.6) is 0 Å². The molecule has 182 valence electrons. The van der Waals surface area contributed by atoms with Crippen molar-refractivity contribution in [2.24, 2.45) is 5.92 Å². The second kappa shape index (κ2) is 13.6. The van der Waals surface area contributed by atoms with E-state index < -0.39 is 24.5 Å². The number of halogens is 2. The smallest absolute Gasteiger partial charge is 0.338 e. The summed E-state index contributed by atoms with van der Waals surface area (Å²) in [6.07, 6.45) is 0.295. The maximum absolute atomic E-state index is 12.1. The van der Waals surface area contributed by atoms with Crippen LogP contribution in [0.25, 0.3) is 0 Å². The highest BCUT2D eigenvalue weighted by atomic mass is 35.5. The zero-order chi connectivity index (χ0) is 25.1. The Bertz CT molecular complexity index is 1020. The number of hydrogen-bond donors (Lipinski definition) is 2. The summed E-state index contributed by atoms with van der Waals surface area (Å²) in [5.41, 5.74) is 1.22. The second-order valence-corrected chi connectivity index (χ2v) is 8.57. The molecule has 0 unspecified atom stereocenters. The molecule has 0 fully saturated rings. The van der Waals surface area contributed by atoms with Crippen molar-refractivity contribution in [2.45, 2.75) is 33.1 Å². The SMILES string of the molecule is CC(C)COC(=O)c1ccc(NC(=O)CCCC(=O)OCC(=O)Nc2cccc(Cl)c2Cl)cc1. The molecule has 10 heteroatoms. The predicted molar refractivity (Wildman–Crippen MR) is 130 cm³/mol. The first kappa shape index (κ1) is 27.1. The molecule has 0 aromatic heterocycles. The van der Waals surface area contributed by atoms with Crippen LogP contribution in [-0.4, -0.2) is 37.0 Å². The number of nitrogens with one attached hydrogen (secondary N) is 2. The Morgan fingerprint density at radius 2 is 1.59 bits per heavy atom. The fourth-order valence-electron chi connectivity index (χ4n) is 2.64. The Labute approximate surface area is 207 Å². The third-order valence-corrected chi connectivity index (χ3v) is 5.15. The van der Waals surface area contributed by atoms with E-state index in [1.807, 2.05) is 13.8 Å². The van der Waals surface area contributed by atoms with Crippen molar-refractivity contribution in [1.82, 2.24) is 0 Å². The van der Waals surface area contributed by atoms with Crippen molar-refractivity contribution in [2.75, 3.05) is 23.8 Å². The predicted octanol–water partition coefficient (Wildman–Crippen LogP) is 5.10. The monoisotopic (exact) mass is 508 g/mol. The number of ether oxygens (including phenoxy) is 2. The lowest BCUT2D eigenvalue weighted by atomic mass is 10.2. The first-order valence-corrected chi connectivity index (χ1v) is 11.4. The van der Waals surface area contributed by atoms with Crippen molar-refractivity contribution < 1.29 is 28.7 Å². The first-order chi connectivity index (χ1) is 16.2. The molecule has 2 aromatic carbocycles. The maximum Gasteiger partial charge on any atom is 0.338 e. The molecular weight excluding hydrogens is 483 g/mol. The molecule has 0 saturated heterocycles. The molecule has 0 radical (unpaired) electrons. The summed E-state index contributed by atoms with van der Waals surface area (Å²) in [5, 5.41) is 5.67. The number of rotatable bonds is 11. The van der Waals surface area contributed by atoms with Gasteiger partial charge in [-0.15, -0.1) is 0 Å². The van der Waals surface area contributed by atoms with E-state index in [2.05, 4.69) is 10.6 Å². The molecule has 0 atom stereocenters. The molecule has 0 saturated carbocycles. The molecular formula is C24H26Cl2N2O6. The minimum Gasteiger partial charge on any atom is -0.462 e.